The number of aromatic amines is 1. The number of hydrogen-bond donors (Lipinski definition) is 10. The van der Waals surface area contributed by atoms with Crippen LogP contribution in [-0.2, 0) is 64.8 Å². The number of aromatic nitrogens is 4. The molecule has 1 fully saturated rings. The maximum atomic E-state index is 13.3. The Balaban J connectivity index is 0.0000141. The summed E-state index contributed by atoms with van der Waals surface area (Å²) in [4.78, 5) is 86.4. The molecule has 1 aliphatic rings. The van der Waals surface area contributed by atoms with Gasteiger partial charge in [0.2, 0.25) is 26.0 Å². The molecule has 1 aliphatic heterocycles. The van der Waals surface area contributed by atoms with Gasteiger partial charge in [0, 0.05) is 147 Å². The van der Waals surface area contributed by atoms with Gasteiger partial charge in [0.25, 0.3) is 5.91 Å². The molecule has 0 saturated carbocycles. The molecule has 479 valence electrons. The second-order valence-corrected chi connectivity index (χ2v) is 23.7. The summed E-state index contributed by atoms with van der Waals surface area (Å²) in [6.45, 7) is 4.51. The quantitative estimate of drug-likeness (QED) is 0.0222. The van der Waals surface area contributed by atoms with Crippen molar-refractivity contribution in [3.05, 3.63) is 90.9 Å². The van der Waals surface area contributed by atoms with Gasteiger partial charge < -0.3 is 55.6 Å². The first kappa shape index (κ1) is 72.1. The van der Waals surface area contributed by atoms with E-state index in [1.54, 1.807) is 68.3 Å². The molecule has 33 heteroatoms. The number of carboxylic acid groups (broad SMARTS) is 4. The maximum absolute atomic E-state index is 13.3. The minimum atomic E-state index is -4.38. The molecular formula is C55H77InN13O17S2. The van der Waals surface area contributed by atoms with Crippen molar-refractivity contribution in [2.24, 2.45) is 0 Å². The number of aryl methyl sites for hydroxylation is 1. The number of fused-ring (bicyclic) bond motifs is 1. The molecule has 30 nitrogen and oxygen atoms in total. The van der Waals surface area contributed by atoms with Crippen LogP contribution in [0, 0.1) is 0 Å². The smallest absolute Gasteiger partial charge is 0.323 e. The predicted octanol–water partition coefficient (Wildman–Crippen LogP) is -0.591. The number of imidazole rings is 1. The third-order valence-corrected chi connectivity index (χ3v) is 16.6. The Kier molecular flexibility index (Phi) is 30.6. The summed E-state index contributed by atoms with van der Waals surface area (Å²) in [5, 5.41) is 51.7. The summed E-state index contributed by atoms with van der Waals surface area (Å²) in [5.74, 6) is -4.82. The van der Waals surface area contributed by atoms with Crippen molar-refractivity contribution >= 4 is 98.4 Å². The number of sulfonamides is 2. The number of rotatable bonds is 37. The van der Waals surface area contributed by atoms with Crippen LogP contribution in [0.2, 0.25) is 0 Å². The fraction of sp³-hybridized carbons (Fsp3) is 0.491. The predicted molar refractivity (Wildman–Crippen MR) is 322 cm³/mol. The molecule has 2 aromatic heterocycles. The number of amides is 2. The van der Waals surface area contributed by atoms with E-state index in [0.717, 1.165) is 11.9 Å². The van der Waals surface area contributed by atoms with Crippen molar-refractivity contribution < 1.29 is 80.2 Å². The van der Waals surface area contributed by atoms with Gasteiger partial charge >= 0.3 is 23.9 Å². The van der Waals surface area contributed by atoms with Crippen molar-refractivity contribution in [3.8, 4) is 11.1 Å². The molecule has 88 heavy (non-hydrogen) atoms. The standard InChI is InChI=1S/C55H77N13O17S2.In/c69-49(37-64-20-22-65(38-50(70)71)24-26-67(40-52(74)75)27-25-66(23-21-64)39-51(72)73)56-15-2-28-83-30-32-85-33-31-84-29-3-16-62-86(79,80)45-9-4-41(5-10-45)42-6-11-46(12-7-42)87(81,82)63-47(54(77)78)36-60-53(76)43-8-13-48-44(34-43)35-61-68(48)19-1-14-57-55-58-17-18-59-55;/h4-13,17-18,34-35,47,62-63H,1-3,14-16,19-33,36-40H2,(H,56,69)(H,60,76)(H,70,71)(H,72,73)(H,74,75)(H,77,78)(H2,57,58,59);. The van der Waals surface area contributed by atoms with Crippen molar-refractivity contribution in [1.29, 1.82) is 0 Å². The van der Waals surface area contributed by atoms with Gasteiger partial charge in [-0.25, -0.2) is 26.5 Å². The van der Waals surface area contributed by atoms with E-state index >= 15 is 0 Å². The van der Waals surface area contributed by atoms with E-state index in [1.807, 2.05) is 4.90 Å². The summed E-state index contributed by atoms with van der Waals surface area (Å²) < 4.78 is 75.9. The minimum absolute atomic E-state index is 0. The summed E-state index contributed by atoms with van der Waals surface area (Å²) in [6, 6.07) is 14.7. The van der Waals surface area contributed by atoms with Crippen molar-refractivity contribution in [3.63, 3.8) is 0 Å². The van der Waals surface area contributed by atoms with Gasteiger partial charge in [-0.1, -0.05) is 24.3 Å². The van der Waals surface area contributed by atoms with Crippen LogP contribution in [0.3, 0.4) is 0 Å². The molecular weight excluding hydrogens is 1290 g/mol. The number of benzene rings is 3. The van der Waals surface area contributed by atoms with Crippen LogP contribution >= 0.6 is 0 Å². The molecule has 0 spiro atoms. The Bertz CT molecular complexity index is 3200. The van der Waals surface area contributed by atoms with Crippen LogP contribution in [0.5, 0.6) is 0 Å². The zero-order valence-electron chi connectivity index (χ0n) is 48.7. The number of carbonyl (C=O) groups excluding carboxylic acids is 2. The number of anilines is 1. The Hall–Kier alpha value is -6.63. The third-order valence-electron chi connectivity index (χ3n) is 13.6. The van der Waals surface area contributed by atoms with Gasteiger partial charge in [0.05, 0.1) is 74.1 Å². The van der Waals surface area contributed by atoms with E-state index in [-0.39, 0.29) is 126 Å². The summed E-state index contributed by atoms with van der Waals surface area (Å²) in [5.41, 5.74) is 2.17. The van der Waals surface area contributed by atoms with Gasteiger partial charge in [-0.05, 0) is 72.9 Å². The van der Waals surface area contributed by atoms with Crippen LogP contribution in [0.1, 0.15) is 29.6 Å². The van der Waals surface area contributed by atoms with Crippen LogP contribution in [-0.4, -0.2) is 289 Å². The fourth-order valence-electron chi connectivity index (χ4n) is 9.04. The van der Waals surface area contributed by atoms with Crippen LogP contribution in [0.4, 0.5) is 5.95 Å². The zero-order valence-corrected chi connectivity index (χ0v) is 53.6. The number of H-pyrrole nitrogens is 1. The monoisotopic (exact) mass is 1370 g/mol. The SMILES string of the molecule is O=C(O)CN1CCN(CC(=O)O)CCN(CC(=O)NCCCOCCOCCOCCCNS(=O)(=O)c2ccc(-c3ccc(S(=O)(=O)NC(CNC(=O)c4ccc5c(cnn5CCCNc5ncc[nH]5)c4)C(=O)O)cc3)cc2)CCN(CC(=O)O)CC1.[In]. The van der Waals surface area contributed by atoms with Gasteiger partial charge in [0.1, 0.15) is 6.04 Å². The first-order valence-electron chi connectivity index (χ1n) is 28.2. The van der Waals surface area contributed by atoms with E-state index in [4.69, 9.17) is 14.2 Å². The fourth-order valence-corrected chi connectivity index (χ4v) is 11.3. The Labute approximate surface area is 528 Å². The summed E-state index contributed by atoms with van der Waals surface area (Å²) in [6.07, 6.45) is 6.64. The number of carbonyl (C=O) groups is 6. The maximum Gasteiger partial charge on any atom is 0.323 e. The molecule has 3 radical (unpaired) electrons. The first-order chi connectivity index (χ1) is 41.7. The summed E-state index contributed by atoms with van der Waals surface area (Å²) in [7, 11) is -8.25. The van der Waals surface area contributed by atoms with Gasteiger partial charge in [-0.3, -0.25) is 53.0 Å². The van der Waals surface area contributed by atoms with Crippen molar-refractivity contribution in [2.75, 3.05) is 150 Å². The topological polar surface area (TPSA) is 399 Å². The molecule has 10 N–H and O–H groups in total. The van der Waals surface area contributed by atoms with E-state index in [1.165, 1.54) is 36.4 Å². The average molecular weight is 1370 g/mol. The number of nitrogens with zero attached hydrogens (tertiary/aromatic N) is 7. The molecule has 1 atom stereocenters. The average Bonchev–Trinajstić information content (AvgIpc) is 2.50. The van der Waals surface area contributed by atoms with E-state index in [2.05, 4.69) is 40.5 Å². The van der Waals surface area contributed by atoms with E-state index in [0.29, 0.717) is 101 Å². The molecule has 1 saturated heterocycles. The molecule has 3 aromatic carbocycles. The zero-order chi connectivity index (χ0) is 62.6. The molecule has 1 unspecified atom stereocenters. The Morgan fingerprint density at radius 3 is 1.59 bits per heavy atom. The first-order valence-corrected chi connectivity index (χ1v) is 31.2. The number of aliphatic carboxylic acids is 4. The molecule has 0 aliphatic carbocycles. The molecule has 5 aromatic rings. The van der Waals surface area contributed by atoms with Gasteiger partial charge in [-0.2, -0.15) is 9.82 Å². The largest absolute Gasteiger partial charge is 0.480 e. The van der Waals surface area contributed by atoms with Gasteiger partial charge in [-0.15, -0.1) is 0 Å². The minimum Gasteiger partial charge on any atom is -0.480 e. The van der Waals surface area contributed by atoms with Crippen LogP contribution in [0.15, 0.2) is 95.1 Å². The van der Waals surface area contributed by atoms with Crippen molar-refractivity contribution in [2.45, 2.75) is 41.6 Å². The second-order valence-electron chi connectivity index (χ2n) is 20.2. The molecule has 2 amide bonds. The van der Waals surface area contributed by atoms with Gasteiger partial charge in [0.15, 0.2) is 5.95 Å². The van der Waals surface area contributed by atoms with Crippen molar-refractivity contribution in [1.82, 2.24) is 59.4 Å². The third kappa shape index (κ3) is 25.5. The normalized spacial score (nSPS) is 14.7. The van der Waals surface area contributed by atoms with Crippen LogP contribution < -0.4 is 25.4 Å². The molecule has 6 rings (SSSR count). The number of carboxylic acids is 4. The van der Waals surface area contributed by atoms with Crippen LogP contribution in [0.25, 0.3) is 22.0 Å². The van der Waals surface area contributed by atoms with E-state index < -0.39 is 62.4 Å². The molecule has 3 heterocycles. The Morgan fingerprint density at radius 1 is 0.591 bits per heavy atom. The Morgan fingerprint density at radius 2 is 1.09 bits per heavy atom. The number of hydrogen-bond acceptors (Lipinski definition) is 20. The number of nitrogens with one attached hydrogen (secondary N) is 6. The second kappa shape index (κ2) is 37.4. The van der Waals surface area contributed by atoms with E-state index in [9.17, 15) is 66.0 Å². The summed E-state index contributed by atoms with van der Waals surface area (Å²) >= 11 is 0. The molecule has 0 bridgehead atoms. The number of ether oxygens (including phenoxy) is 3.